The second kappa shape index (κ2) is 4.45. The molecule has 2 aliphatic heterocycles. The fraction of sp³-hybridized carbons (Fsp3) is 0.700. The SMILES string of the molecule is CC1CN=C(NC2CCC(=O)N(C)C2=O)S1. The molecule has 16 heavy (non-hydrogen) atoms. The molecular weight excluding hydrogens is 226 g/mol. The third-order valence-corrected chi connectivity index (χ3v) is 3.77. The van der Waals surface area contributed by atoms with Crippen LogP contribution in [0.4, 0.5) is 0 Å². The van der Waals surface area contributed by atoms with Gasteiger partial charge in [0.1, 0.15) is 6.04 Å². The third-order valence-electron chi connectivity index (χ3n) is 2.75. The maximum absolute atomic E-state index is 11.8. The molecule has 2 unspecified atom stereocenters. The molecule has 2 rings (SSSR count). The fourth-order valence-electron chi connectivity index (χ4n) is 1.75. The Labute approximate surface area is 98.7 Å². The first kappa shape index (κ1) is 11.4. The minimum Gasteiger partial charge on any atom is -0.353 e. The predicted octanol–water partition coefficient (Wildman–Crippen LogP) is 0.215. The third kappa shape index (κ3) is 2.21. The van der Waals surface area contributed by atoms with E-state index in [-0.39, 0.29) is 17.9 Å². The van der Waals surface area contributed by atoms with Crippen molar-refractivity contribution in [2.75, 3.05) is 13.6 Å². The Kier molecular flexibility index (Phi) is 3.18. The van der Waals surface area contributed by atoms with Gasteiger partial charge in [0.15, 0.2) is 5.17 Å². The van der Waals surface area contributed by atoms with Gasteiger partial charge in [-0.1, -0.05) is 18.7 Å². The number of carbonyl (C=O) groups is 2. The number of hydrogen-bond donors (Lipinski definition) is 1. The largest absolute Gasteiger partial charge is 0.353 e. The van der Waals surface area contributed by atoms with E-state index in [1.807, 2.05) is 0 Å². The predicted molar refractivity (Wildman–Crippen MR) is 63.3 cm³/mol. The van der Waals surface area contributed by atoms with E-state index in [0.717, 1.165) is 11.7 Å². The highest BCUT2D eigenvalue weighted by Gasteiger charge is 2.33. The molecule has 0 aromatic carbocycles. The van der Waals surface area contributed by atoms with E-state index >= 15 is 0 Å². The van der Waals surface area contributed by atoms with Gasteiger partial charge in [0.25, 0.3) is 5.91 Å². The van der Waals surface area contributed by atoms with Crippen LogP contribution < -0.4 is 5.32 Å². The van der Waals surface area contributed by atoms with E-state index in [4.69, 9.17) is 0 Å². The minimum atomic E-state index is -0.292. The number of amides is 2. The average Bonchev–Trinajstić information content (AvgIpc) is 2.65. The molecule has 1 saturated heterocycles. The maximum atomic E-state index is 11.8. The van der Waals surface area contributed by atoms with Crippen molar-refractivity contribution in [3.05, 3.63) is 0 Å². The zero-order valence-corrected chi connectivity index (χ0v) is 10.2. The molecule has 2 atom stereocenters. The lowest BCUT2D eigenvalue weighted by atomic mass is 10.1. The van der Waals surface area contributed by atoms with Crippen molar-refractivity contribution in [1.29, 1.82) is 0 Å². The number of likely N-dealkylation sites (N-methyl/N-ethyl adjacent to an activating group) is 1. The van der Waals surface area contributed by atoms with Gasteiger partial charge in [-0.15, -0.1) is 0 Å². The Morgan fingerprint density at radius 3 is 2.88 bits per heavy atom. The Hall–Kier alpha value is -1.04. The molecular formula is C10H15N3O2S. The Morgan fingerprint density at radius 2 is 2.25 bits per heavy atom. The number of aliphatic imine (C=N–C) groups is 1. The highest BCUT2D eigenvalue weighted by Crippen LogP contribution is 2.20. The van der Waals surface area contributed by atoms with Crippen LogP contribution in [0.1, 0.15) is 19.8 Å². The normalized spacial score (nSPS) is 30.6. The van der Waals surface area contributed by atoms with Crippen LogP contribution in [0, 0.1) is 0 Å². The summed E-state index contributed by atoms with van der Waals surface area (Å²) in [6.45, 7) is 2.89. The van der Waals surface area contributed by atoms with Crippen molar-refractivity contribution in [3.63, 3.8) is 0 Å². The van der Waals surface area contributed by atoms with Crippen molar-refractivity contribution in [2.45, 2.75) is 31.1 Å². The second-order valence-corrected chi connectivity index (χ2v) is 5.53. The van der Waals surface area contributed by atoms with Gasteiger partial charge in [-0.3, -0.25) is 19.5 Å². The summed E-state index contributed by atoms with van der Waals surface area (Å²) >= 11 is 1.65. The quantitative estimate of drug-likeness (QED) is 0.667. The summed E-state index contributed by atoms with van der Waals surface area (Å²) in [4.78, 5) is 28.6. The van der Waals surface area contributed by atoms with Crippen LogP contribution in [-0.4, -0.2) is 46.8 Å². The van der Waals surface area contributed by atoms with E-state index in [2.05, 4.69) is 17.2 Å². The highest BCUT2D eigenvalue weighted by molar-refractivity contribution is 8.14. The van der Waals surface area contributed by atoms with Crippen LogP contribution in [0.15, 0.2) is 4.99 Å². The van der Waals surface area contributed by atoms with Crippen molar-refractivity contribution in [3.8, 4) is 0 Å². The molecule has 1 fully saturated rings. The number of nitrogens with one attached hydrogen (secondary N) is 1. The van der Waals surface area contributed by atoms with E-state index in [1.165, 1.54) is 11.9 Å². The van der Waals surface area contributed by atoms with Gasteiger partial charge in [0.05, 0.1) is 6.54 Å². The summed E-state index contributed by atoms with van der Waals surface area (Å²) in [5.74, 6) is -0.253. The van der Waals surface area contributed by atoms with E-state index in [9.17, 15) is 9.59 Å². The topological polar surface area (TPSA) is 61.8 Å². The lowest BCUT2D eigenvalue weighted by Crippen LogP contribution is -2.52. The molecule has 1 N–H and O–H groups in total. The second-order valence-electron chi connectivity index (χ2n) is 4.10. The zero-order chi connectivity index (χ0) is 11.7. The molecule has 88 valence electrons. The fourth-order valence-corrected chi connectivity index (χ4v) is 2.64. The molecule has 2 heterocycles. The Morgan fingerprint density at radius 1 is 1.50 bits per heavy atom. The first-order chi connectivity index (χ1) is 7.58. The number of amidine groups is 1. The molecule has 6 heteroatoms. The standard InChI is InChI=1S/C10H15N3O2S/c1-6-5-11-10(16-6)12-7-3-4-8(14)13(2)9(7)15/h6-7H,3-5H2,1-2H3,(H,11,12). The number of rotatable bonds is 1. The van der Waals surface area contributed by atoms with Gasteiger partial charge in [-0.25, -0.2) is 0 Å². The maximum Gasteiger partial charge on any atom is 0.251 e. The molecule has 0 aliphatic carbocycles. The highest BCUT2D eigenvalue weighted by atomic mass is 32.2. The minimum absolute atomic E-state index is 0.0996. The number of thioether (sulfide) groups is 1. The summed E-state index contributed by atoms with van der Waals surface area (Å²) in [6.07, 6.45) is 0.989. The van der Waals surface area contributed by atoms with Crippen LogP contribution in [0.5, 0.6) is 0 Å². The van der Waals surface area contributed by atoms with Crippen LogP contribution in [0.3, 0.4) is 0 Å². The molecule has 0 aromatic heterocycles. The lowest BCUT2D eigenvalue weighted by Gasteiger charge is -2.28. The summed E-state index contributed by atoms with van der Waals surface area (Å²) in [5, 5.41) is 4.42. The van der Waals surface area contributed by atoms with Crippen LogP contribution in [-0.2, 0) is 9.59 Å². The van der Waals surface area contributed by atoms with Gasteiger partial charge >= 0.3 is 0 Å². The lowest BCUT2D eigenvalue weighted by molar-refractivity contribution is -0.147. The summed E-state index contributed by atoms with van der Waals surface area (Å²) in [5.41, 5.74) is 0. The number of imide groups is 1. The van der Waals surface area contributed by atoms with Crippen molar-refractivity contribution < 1.29 is 9.59 Å². The van der Waals surface area contributed by atoms with E-state index < -0.39 is 0 Å². The Bertz CT molecular complexity index is 356. The molecule has 0 radical (unpaired) electrons. The zero-order valence-electron chi connectivity index (χ0n) is 9.40. The first-order valence-corrected chi connectivity index (χ1v) is 6.24. The summed E-state index contributed by atoms with van der Waals surface area (Å²) in [7, 11) is 1.53. The van der Waals surface area contributed by atoms with Gasteiger partial charge in [-0.2, -0.15) is 0 Å². The summed E-state index contributed by atoms with van der Waals surface area (Å²) < 4.78 is 0. The van der Waals surface area contributed by atoms with Gasteiger partial charge in [0.2, 0.25) is 5.91 Å². The smallest absolute Gasteiger partial charge is 0.251 e. The summed E-state index contributed by atoms with van der Waals surface area (Å²) in [6, 6.07) is -0.292. The van der Waals surface area contributed by atoms with Crippen LogP contribution >= 0.6 is 11.8 Å². The number of likely N-dealkylation sites (tertiary alicyclic amines) is 1. The monoisotopic (exact) mass is 241 g/mol. The number of hydrogen-bond acceptors (Lipinski definition) is 5. The average molecular weight is 241 g/mol. The van der Waals surface area contributed by atoms with Gasteiger partial charge < -0.3 is 5.32 Å². The molecule has 2 amide bonds. The van der Waals surface area contributed by atoms with E-state index in [0.29, 0.717) is 18.1 Å². The van der Waals surface area contributed by atoms with Gasteiger partial charge in [-0.05, 0) is 6.42 Å². The molecule has 0 bridgehead atoms. The molecule has 0 saturated carbocycles. The number of nitrogens with zero attached hydrogens (tertiary/aromatic N) is 2. The number of carbonyl (C=O) groups excluding carboxylic acids is 2. The molecule has 5 nitrogen and oxygen atoms in total. The first-order valence-electron chi connectivity index (χ1n) is 5.36. The molecule has 2 aliphatic rings. The van der Waals surface area contributed by atoms with Gasteiger partial charge in [0, 0.05) is 18.7 Å². The molecule has 0 aromatic rings. The van der Waals surface area contributed by atoms with Crippen molar-refractivity contribution >= 4 is 28.7 Å². The van der Waals surface area contributed by atoms with Crippen molar-refractivity contribution in [2.24, 2.45) is 4.99 Å². The van der Waals surface area contributed by atoms with Crippen molar-refractivity contribution in [1.82, 2.24) is 10.2 Å². The molecule has 0 spiro atoms. The van der Waals surface area contributed by atoms with E-state index in [1.54, 1.807) is 11.8 Å². The Balaban J connectivity index is 1.96. The van der Waals surface area contributed by atoms with Crippen LogP contribution in [0.2, 0.25) is 0 Å². The van der Waals surface area contributed by atoms with Crippen LogP contribution in [0.25, 0.3) is 0 Å². The number of piperidine rings is 1.